The maximum absolute atomic E-state index is 12.2. The number of hydrogen-bond acceptors (Lipinski definition) is 3. The Balaban J connectivity index is 2.60. The number of hydrogen-bond donors (Lipinski definition) is 2. The van der Waals surface area contributed by atoms with Crippen LogP contribution < -0.4 is 0 Å². The first kappa shape index (κ1) is 14.8. The minimum Gasteiger partial charge on any atom is -0.481 e. The fourth-order valence-electron chi connectivity index (χ4n) is 2.10. The van der Waals surface area contributed by atoms with Gasteiger partial charge in [-0.15, -0.1) is 0 Å². The number of amides is 2. The maximum Gasteiger partial charge on any atom is 0.320 e. The van der Waals surface area contributed by atoms with Crippen LogP contribution in [0.3, 0.4) is 0 Å². The van der Waals surface area contributed by atoms with Crippen LogP contribution in [-0.2, 0) is 4.79 Å². The van der Waals surface area contributed by atoms with Crippen molar-refractivity contribution in [1.29, 1.82) is 0 Å². The Morgan fingerprint density at radius 3 is 2.61 bits per heavy atom. The summed E-state index contributed by atoms with van der Waals surface area (Å²) >= 11 is 0. The van der Waals surface area contributed by atoms with Gasteiger partial charge in [0.15, 0.2) is 0 Å². The van der Waals surface area contributed by atoms with Gasteiger partial charge in [0.25, 0.3) is 0 Å². The predicted molar refractivity (Wildman–Crippen MR) is 66.3 cm³/mol. The first-order valence-electron chi connectivity index (χ1n) is 6.37. The average Bonchev–Trinajstić information content (AvgIpc) is 2.28. The number of likely N-dealkylation sites (tertiary alicyclic amines) is 1. The first-order valence-corrected chi connectivity index (χ1v) is 6.37. The molecule has 1 heterocycles. The van der Waals surface area contributed by atoms with Crippen molar-refractivity contribution in [3.05, 3.63) is 0 Å². The third-order valence-electron chi connectivity index (χ3n) is 3.10. The van der Waals surface area contributed by atoms with Crippen molar-refractivity contribution in [3.63, 3.8) is 0 Å². The summed E-state index contributed by atoms with van der Waals surface area (Å²) in [5.74, 6) is -0.910. The van der Waals surface area contributed by atoms with E-state index in [1.165, 1.54) is 0 Å². The third-order valence-corrected chi connectivity index (χ3v) is 3.10. The van der Waals surface area contributed by atoms with Crippen molar-refractivity contribution in [2.24, 2.45) is 0 Å². The summed E-state index contributed by atoms with van der Waals surface area (Å²) in [7, 11) is 0. The van der Waals surface area contributed by atoms with E-state index in [0.29, 0.717) is 13.1 Å². The van der Waals surface area contributed by atoms with Gasteiger partial charge < -0.3 is 20.0 Å². The molecule has 1 unspecified atom stereocenters. The minimum atomic E-state index is -0.910. The van der Waals surface area contributed by atoms with Crippen molar-refractivity contribution in [1.82, 2.24) is 9.80 Å². The topological polar surface area (TPSA) is 81.1 Å². The molecule has 1 fully saturated rings. The van der Waals surface area contributed by atoms with E-state index >= 15 is 0 Å². The highest BCUT2D eigenvalue weighted by Gasteiger charge is 2.27. The number of piperidine rings is 1. The van der Waals surface area contributed by atoms with Crippen LogP contribution in [0.1, 0.15) is 33.1 Å². The van der Waals surface area contributed by atoms with Crippen LogP contribution in [0.2, 0.25) is 0 Å². The molecule has 1 aliphatic rings. The molecule has 0 aromatic heterocycles. The number of rotatable bonds is 4. The van der Waals surface area contributed by atoms with Crippen LogP contribution in [0.5, 0.6) is 0 Å². The molecule has 2 amide bonds. The standard InChI is InChI=1S/C12H22N2O4/c1-9(2)14(7-5-11(16)17)12(18)13-6-3-4-10(15)8-13/h9-10,15H,3-8H2,1-2H3,(H,16,17). The molecule has 104 valence electrons. The number of carboxylic acids is 1. The highest BCUT2D eigenvalue weighted by molar-refractivity contribution is 5.76. The molecule has 2 N–H and O–H groups in total. The quantitative estimate of drug-likeness (QED) is 0.779. The molecule has 1 saturated heterocycles. The Morgan fingerprint density at radius 2 is 2.11 bits per heavy atom. The number of aliphatic carboxylic acids is 1. The summed E-state index contributed by atoms with van der Waals surface area (Å²) in [4.78, 5) is 26.0. The molecule has 1 aliphatic heterocycles. The Hall–Kier alpha value is -1.30. The first-order chi connectivity index (χ1) is 8.41. The number of β-amino-alcohol motifs (C(OH)–C–C–N with tert-alkyl or cyclic N) is 1. The minimum absolute atomic E-state index is 0.0454. The largest absolute Gasteiger partial charge is 0.481 e. The molecule has 0 aromatic carbocycles. The fourth-order valence-corrected chi connectivity index (χ4v) is 2.10. The lowest BCUT2D eigenvalue weighted by Gasteiger charge is -2.36. The molecular formula is C12H22N2O4. The Morgan fingerprint density at radius 1 is 1.44 bits per heavy atom. The monoisotopic (exact) mass is 258 g/mol. The van der Waals surface area contributed by atoms with Gasteiger partial charge in [0.1, 0.15) is 0 Å². The summed E-state index contributed by atoms with van der Waals surface area (Å²) in [5, 5.41) is 18.2. The number of aliphatic hydroxyl groups is 1. The Bertz CT molecular complexity index is 306. The summed E-state index contributed by atoms with van der Waals surface area (Å²) in [6.07, 6.45) is 0.995. The second kappa shape index (κ2) is 6.58. The molecule has 0 bridgehead atoms. The molecule has 18 heavy (non-hydrogen) atoms. The number of nitrogens with zero attached hydrogens (tertiary/aromatic N) is 2. The van der Waals surface area contributed by atoms with Gasteiger partial charge in [0.2, 0.25) is 0 Å². The molecule has 6 nitrogen and oxygen atoms in total. The fraction of sp³-hybridized carbons (Fsp3) is 0.833. The van der Waals surface area contributed by atoms with E-state index in [1.54, 1.807) is 9.80 Å². The second-order valence-electron chi connectivity index (χ2n) is 4.96. The van der Waals surface area contributed by atoms with Gasteiger partial charge in [-0.2, -0.15) is 0 Å². The Labute approximate surface area is 107 Å². The van der Waals surface area contributed by atoms with Gasteiger partial charge in [-0.25, -0.2) is 4.79 Å². The lowest BCUT2D eigenvalue weighted by atomic mass is 10.1. The van der Waals surface area contributed by atoms with E-state index in [4.69, 9.17) is 5.11 Å². The van der Waals surface area contributed by atoms with E-state index in [-0.39, 0.29) is 25.0 Å². The molecule has 0 aromatic rings. The highest BCUT2D eigenvalue weighted by Crippen LogP contribution is 2.14. The van der Waals surface area contributed by atoms with Crippen molar-refractivity contribution in [2.45, 2.75) is 45.3 Å². The second-order valence-corrected chi connectivity index (χ2v) is 4.96. The van der Waals surface area contributed by atoms with E-state index < -0.39 is 12.1 Å². The summed E-state index contributed by atoms with van der Waals surface area (Å²) in [5.41, 5.74) is 0. The number of carbonyl (C=O) groups is 2. The summed E-state index contributed by atoms with van der Waals surface area (Å²) < 4.78 is 0. The van der Waals surface area contributed by atoms with Gasteiger partial charge in [-0.1, -0.05) is 0 Å². The lowest BCUT2D eigenvalue weighted by Crippen LogP contribution is -2.51. The van der Waals surface area contributed by atoms with Crippen molar-refractivity contribution >= 4 is 12.0 Å². The number of aliphatic hydroxyl groups excluding tert-OH is 1. The van der Waals surface area contributed by atoms with Crippen LogP contribution in [-0.4, -0.2) is 63.8 Å². The van der Waals surface area contributed by atoms with Crippen LogP contribution in [0.25, 0.3) is 0 Å². The van der Waals surface area contributed by atoms with Crippen LogP contribution in [0.4, 0.5) is 4.79 Å². The summed E-state index contributed by atoms with van der Waals surface area (Å²) in [6, 6.07) is -0.221. The highest BCUT2D eigenvalue weighted by atomic mass is 16.4. The molecule has 0 spiro atoms. The Kier molecular flexibility index (Phi) is 5.40. The van der Waals surface area contributed by atoms with Crippen LogP contribution in [0, 0.1) is 0 Å². The van der Waals surface area contributed by atoms with E-state index in [2.05, 4.69) is 0 Å². The van der Waals surface area contributed by atoms with Gasteiger partial charge in [-0.05, 0) is 26.7 Å². The molecular weight excluding hydrogens is 236 g/mol. The van der Waals surface area contributed by atoms with Crippen molar-refractivity contribution in [2.75, 3.05) is 19.6 Å². The van der Waals surface area contributed by atoms with Gasteiger partial charge in [-0.3, -0.25) is 4.79 Å². The van der Waals surface area contributed by atoms with E-state index in [1.807, 2.05) is 13.8 Å². The van der Waals surface area contributed by atoms with Crippen molar-refractivity contribution in [3.8, 4) is 0 Å². The van der Waals surface area contributed by atoms with Gasteiger partial charge >= 0.3 is 12.0 Å². The van der Waals surface area contributed by atoms with Crippen molar-refractivity contribution < 1.29 is 19.8 Å². The number of carbonyl (C=O) groups excluding carboxylic acids is 1. The molecule has 6 heteroatoms. The van der Waals surface area contributed by atoms with E-state index in [0.717, 1.165) is 12.8 Å². The molecule has 1 atom stereocenters. The zero-order chi connectivity index (χ0) is 13.7. The molecule has 0 saturated carbocycles. The zero-order valence-electron chi connectivity index (χ0n) is 11.0. The van der Waals surface area contributed by atoms with E-state index in [9.17, 15) is 14.7 Å². The normalized spacial score (nSPS) is 20.0. The van der Waals surface area contributed by atoms with Crippen LogP contribution >= 0.6 is 0 Å². The zero-order valence-corrected chi connectivity index (χ0v) is 11.0. The smallest absolute Gasteiger partial charge is 0.320 e. The molecule has 1 rings (SSSR count). The average molecular weight is 258 g/mol. The third kappa shape index (κ3) is 4.18. The molecule has 0 aliphatic carbocycles. The predicted octanol–water partition coefficient (Wildman–Crippen LogP) is 0.748. The lowest BCUT2D eigenvalue weighted by molar-refractivity contribution is -0.137. The number of carboxylic acid groups (broad SMARTS) is 1. The van der Waals surface area contributed by atoms with Crippen LogP contribution in [0.15, 0.2) is 0 Å². The van der Waals surface area contributed by atoms with Gasteiger partial charge in [0.05, 0.1) is 12.5 Å². The SMILES string of the molecule is CC(C)N(CCC(=O)O)C(=O)N1CCCC(O)C1. The summed E-state index contributed by atoms with van der Waals surface area (Å²) in [6.45, 7) is 4.90. The maximum atomic E-state index is 12.2. The number of urea groups is 1. The molecule has 0 radical (unpaired) electrons. The van der Waals surface area contributed by atoms with Gasteiger partial charge in [0, 0.05) is 25.7 Å².